The lowest BCUT2D eigenvalue weighted by molar-refractivity contribution is -0.117. The third-order valence-electron chi connectivity index (χ3n) is 5.56. The van der Waals surface area contributed by atoms with Crippen LogP contribution in [-0.2, 0) is 9.53 Å². The fourth-order valence-corrected chi connectivity index (χ4v) is 3.80. The predicted octanol–water partition coefficient (Wildman–Crippen LogP) is 3.96. The van der Waals surface area contributed by atoms with Gasteiger partial charge in [0.1, 0.15) is 28.6 Å². The third kappa shape index (κ3) is 4.96. The molecule has 2 aromatic heterocycles. The second kappa shape index (κ2) is 10.1. The van der Waals surface area contributed by atoms with Gasteiger partial charge in [-0.1, -0.05) is 17.7 Å². The summed E-state index contributed by atoms with van der Waals surface area (Å²) in [6.45, 7) is 4.60. The highest BCUT2D eigenvalue weighted by atomic mass is 35.5. The summed E-state index contributed by atoms with van der Waals surface area (Å²) in [4.78, 5) is 30.6. The topological polar surface area (TPSA) is 106 Å². The molecule has 9 heteroatoms. The number of carbonyl (C=O) groups excluding carboxylic acids is 1. The van der Waals surface area contributed by atoms with Gasteiger partial charge >= 0.3 is 0 Å². The molecule has 1 saturated heterocycles. The van der Waals surface area contributed by atoms with Crippen molar-refractivity contribution in [3.8, 4) is 17.7 Å². The fourth-order valence-electron chi connectivity index (χ4n) is 3.69. The highest BCUT2D eigenvalue weighted by Gasteiger charge is 2.20. The Balaban J connectivity index is 1.77. The van der Waals surface area contributed by atoms with E-state index in [2.05, 4.69) is 10.3 Å². The molecule has 0 aliphatic carbocycles. The zero-order valence-corrected chi connectivity index (χ0v) is 19.6. The first-order valence-corrected chi connectivity index (χ1v) is 11.2. The molecule has 1 aliphatic rings. The number of nitriles is 1. The number of nitrogens with one attached hydrogen (secondary N) is 1. The Bertz CT molecular complexity index is 1380. The van der Waals surface area contributed by atoms with E-state index in [0.29, 0.717) is 29.6 Å². The van der Waals surface area contributed by atoms with Gasteiger partial charge in [-0.3, -0.25) is 14.0 Å². The number of pyridine rings is 1. The SMILES string of the molecule is Cc1cc(Oc2nc3c(C)cccn3c(=O)c2C=C(C#N)C(=O)NCC2CCCO2)ccc1Cl. The number of rotatable bonds is 6. The Hall–Kier alpha value is -3.67. The van der Waals surface area contributed by atoms with E-state index in [1.165, 1.54) is 10.5 Å². The van der Waals surface area contributed by atoms with Gasteiger partial charge in [0, 0.05) is 24.4 Å². The van der Waals surface area contributed by atoms with Crippen molar-refractivity contribution in [1.29, 1.82) is 5.26 Å². The van der Waals surface area contributed by atoms with Gasteiger partial charge < -0.3 is 14.8 Å². The highest BCUT2D eigenvalue weighted by molar-refractivity contribution is 6.31. The molecular formula is C25H23ClN4O4. The summed E-state index contributed by atoms with van der Waals surface area (Å²) < 4.78 is 12.8. The van der Waals surface area contributed by atoms with Crippen molar-refractivity contribution >= 4 is 29.2 Å². The van der Waals surface area contributed by atoms with Crippen LogP contribution in [0.3, 0.4) is 0 Å². The number of amides is 1. The number of fused-ring (bicyclic) bond motifs is 1. The van der Waals surface area contributed by atoms with Gasteiger partial charge in [0.05, 0.1) is 6.10 Å². The summed E-state index contributed by atoms with van der Waals surface area (Å²) in [7, 11) is 0. The fraction of sp³-hybridized carbons (Fsp3) is 0.280. The second-order valence-corrected chi connectivity index (χ2v) is 8.46. The molecule has 34 heavy (non-hydrogen) atoms. The molecule has 0 spiro atoms. The standard InChI is InChI=1S/C25H23ClN4O4/c1-15-5-3-9-30-22(15)29-24(34-18-7-8-21(26)16(2)11-18)20(25(30)32)12-17(13-27)23(31)28-14-19-6-4-10-33-19/h3,5,7-9,11-12,19H,4,6,10,14H2,1-2H3,(H,28,31). The molecule has 1 fully saturated rings. The zero-order valence-electron chi connectivity index (χ0n) is 18.8. The molecule has 1 amide bonds. The van der Waals surface area contributed by atoms with Crippen LogP contribution in [-0.4, -0.2) is 34.5 Å². The van der Waals surface area contributed by atoms with Crippen LogP contribution in [0.4, 0.5) is 0 Å². The maximum atomic E-state index is 13.4. The van der Waals surface area contributed by atoms with Crippen molar-refractivity contribution < 1.29 is 14.3 Å². The monoisotopic (exact) mass is 478 g/mol. The lowest BCUT2D eigenvalue weighted by Gasteiger charge is -2.13. The molecule has 1 N–H and O–H groups in total. The summed E-state index contributed by atoms with van der Waals surface area (Å²) in [6, 6.07) is 10.5. The minimum atomic E-state index is -0.597. The van der Waals surface area contributed by atoms with Crippen LogP contribution in [0.25, 0.3) is 11.7 Å². The van der Waals surface area contributed by atoms with Crippen molar-refractivity contribution in [2.24, 2.45) is 0 Å². The average molecular weight is 479 g/mol. The van der Waals surface area contributed by atoms with Gasteiger partial charge in [0.2, 0.25) is 5.88 Å². The number of benzene rings is 1. The van der Waals surface area contributed by atoms with E-state index in [1.807, 2.05) is 26.0 Å². The van der Waals surface area contributed by atoms with E-state index in [4.69, 9.17) is 21.1 Å². The van der Waals surface area contributed by atoms with Gasteiger partial charge in [0.25, 0.3) is 11.5 Å². The second-order valence-electron chi connectivity index (χ2n) is 8.05. The summed E-state index contributed by atoms with van der Waals surface area (Å²) in [5, 5.41) is 12.9. The summed E-state index contributed by atoms with van der Waals surface area (Å²) in [6.07, 6.45) is 4.50. The normalized spacial score (nSPS) is 15.8. The minimum Gasteiger partial charge on any atom is -0.438 e. The molecule has 1 unspecified atom stereocenters. The van der Waals surface area contributed by atoms with Crippen LogP contribution < -0.4 is 15.6 Å². The van der Waals surface area contributed by atoms with E-state index in [0.717, 1.165) is 24.0 Å². The Morgan fingerprint density at radius 1 is 1.38 bits per heavy atom. The largest absolute Gasteiger partial charge is 0.438 e. The number of aryl methyl sites for hydroxylation is 2. The van der Waals surface area contributed by atoms with E-state index in [9.17, 15) is 14.9 Å². The van der Waals surface area contributed by atoms with Crippen molar-refractivity contribution in [1.82, 2.24) is 14.7 Å². The number of ether oxygens (including phenoxy) is 2. The molecule has 3 heterocycles. The Morgan fingerprint density at radius 2 is 2.21 bits per heavy atom. The minimum absolute atomic E-state index is 0.0132. The summed E-state index contributed by atoms with van der Waals surface area (Å²) in [5.74, 6) is -0.191. The van der Waals surface area contributed by atoms with Crippen LogP contribution >= 0.6 is 11.6 Å². The van der Waals surface area contributed by atoms with Crippen LogP contribution in [0, 0.1) is 25.2 Å². The van der Waals surface area contributed by atoms with E-state index < -0.39 is 11.5 Å². The smallest absolute Gasteiger partial charge is 0.269 e. The van der Waals surface area contributed by atoms with Gasteiger partial charge in [-0.15, -0.1) is 0 Å². The molecule has 1 aromatic carbocycles. The molecule has 3 aromatic rings. The van der Waals surface area contributed by atoms with Crippen LogP contribution in [0.1, 0.15) is 29.5 Å². The summed E-state index contributed by atoms with van der Waals surface area (Å²) >= 11 is 6.11. The maximum Gasteiger partial charge on any atom is 0.269 e. The Morgan fingerprint density at radius 3 is 2.91 bits per heavy atom. The van der Waals surface area contributed by atoms with E-state index in [-0.39, 0.29) is 23.1 Å². The van der Waals surface area contributed by atoms with Crippen LogP contribution in [0.5, 0.6) is 11.6 Å². The van der Waals surface area contributed by atoms with Crippen molar-refractivity contribution in [3.05, 3.63) is 74.2 Å². The van der Waals surface area contributed by atoms with E-state index in [1.54, 1.807) is 30.5 Å². The number of carbonyl (C=O) groups is 1. The molecule has 174 valence electrons. The third-order valence-corrected chi connectivity index (χ3v) is 5.99. The first-order valence-electron chi connectivity index (χ1n) is 10.8. The summed E-state index contributed by atoms with van der Waals surface area (Å²) in [5.41, 5.74) is 1.25. The van der Waals surface area contributed by atoms with Crippen molar-refractivity contribution in [3.63, 3.8) is 0 Å². The average Bonchev–Trinajstić information content (AvgIpc) is 3.34. The Labute approximate surface area is 201 Å². The Kier molecular flexibility index (Phi) is 6.96. The van der Waals surface area contributed by atoms with Gasteiger partial charge in [-0.05, 0) is 68.2 Å². The first-order chi connectivity index (χ1) is 16.4. The first kappa shape index (κ1) is 23.5. The van der Waals surface area contributed by atoms with Gasteiger partial charge in [-0.2, -0.15) is 10.2 Å². The molecule has 8 nitrogen and oxygen atoms in total. The molecule has 0 radical (unpaired) electrons. The molecule has 1 atom stereocenters. The number of halogens is 1. The molecule has 4 rings (SSSR count). The quantitative estimate of drug-likeness (QED) is 0.424. The maximum absolute atomic E-state index is 13.4. The number of hydrogen-bond acceptors (Lipinski definition) is 6. The molecular weight excluding hydrogens is 456 g/mol. The lowest BCUT2D eigenvalue weighted by atomic mass is 10.1. The highest BCUT2D eigenvalue weighted by Crippen LogP contribution is 2.28. The van der Waals surface area contributed by atoms with Crippen LogP contribution in [0.2, 0.25) is 5.02 Å². The lowest BCUT2D eigenvalue weighted by Crippen LogP contribution is -2.32. The van der Waals surface area contributed by atoms with E-state index >= 15 is 0 Å². The van der Waals surface area contributed by atoms with Crippen molar-refractivity contribution in [2.75, 3.05) is 13.2 Å². The van der Waals surface area contributed by atoms with Gasteiger partial charge in [-0.25, -0.2) is 0 Å². The number of hydrogen-bond donors (Lipinski definition) is 1. The van der Waals surface area contributed by atoms with Crippen LogP contribution in [0.15, 0.2) is 46.9 Å². The number of nitrogens with zero attached hydrogens (tertiary/aromatic N) is 3. The predicted molar refractivity (Wildman–Crippen MR) is 128 cm³/mol. The number of aromatic nitrogens is 2. The molecule has 1 aliphatic heterocycles. The molecule has 0 bridgehead atoms. The molecule has 0 saturated carbocycles. The van der Waals surface area contributed by atoms with Crippen molar-refractivity contribution in [2.45, 2.75) is 32.8 Å². The van der Waals surface area contributed by atoms with Gasteiger partial charge in [0.15, 0.2) is 0 Å². The zero-order chi connectivity index (χ0) is 24.2.